The molecule has 0 saturated carbocycles. The minimum atomic E-state index is -0.240. The Morgan fingerprint density at radius 1 is 1.29 bits per heavy atom. The molecule has 21 heavy (non-hydrogen) atoms. The van der Waals surface area contributed by atoms with Gasteiger partial charge in [-0.05, 0) is 24.3 Å². The molecule has 0 amide bonds. The maximum absolute atomic E-state index is 11.2. The highest BCUT2D eigenvalue weighted by Crippen LogP contribution is 2.34. The van der Waals surface area contributed by atoms with Crippen LogP contribution in [0.15, 0.2) is 28.7 Å². The zero-order valence-corrected chi connectivity index (χ0v) is 15.0. The third-order valence-electron chi connectivity index (χ3n) is 2.71. The van der Waals surface area contributed by atoms with Crippen LogP contribution in [0.3, 0.4) is 0 Å². The van der Waals surface area contributed by atoms with Gasteiger partial charge >= 0.3 is 5.97 Å². The van der Waals surface area contributed by atoms with Crippen molar-refractivity contribution >= 4 is 62.1 Å². The number of hydrogen-bond donors (Lipinski definition) is 1. The number of ether oxygens (including phenoxy) is 1. The van der Waals surface area contributed by atoms with Gasteiger partial charge in [0.1, 0.15) is 0 Å². The molecule has 2 rings (SSSR count). The Balaban J connectivity index is 2.02. The third-order valence-corrected chi connectivity index (χ3v) is 4.85. The molecule has 1 aromatic heterocycles. The quantitative estimate of drug-likeness (QED) is 0.695. The first kappa shape index (κ1) is 16.6. The van der Waals surface area contributed by atoms with Gasteiger partial charge in [-0.2, -0.15) is 0 Å². The van der Waals surface area contributed by atoms with Gasteiger partial charge in [0.25, 0.3) is 0 Å². The summed E-state index contributed by atoms with van der Waals surface area (Å²) in [5.74, 6) is -0.240. The summed E-state index contributed by atoms with van der Waals surface area (Å²) in [7, 11) is 1.38. The Morgan fingerprint density at radius 2 is 1.90 bits per heavy atom. The van der Waals surface area contributed by atoms with Crippen molar-refractivity contribution in [3.63, 3.8) is 0 Å². The zero-order chi connectivity index (χ0) is 15.4. The molecule has 0 saturated heterocycles. The lowest BCUT2D eigenvalue weighted by molar-refractivity contribution is -0.139. The predicted octanol–water partition coefficient (Wildman–Crippen LogP) is 5.15. The smallest absolute Gasteiger partial charge is 0.310 e. The first-order valence-electron chi connectivity index (χ1n) is 6.02. The number of halogens is 3. The predicted molar refractivity (Wildman–Crippen MR) is 91.5 cm³/mol. The standard InChI is InChI=1S/C14H12BrCl2NO2S/c1-20-13(19)6-9-2-3-10(21-9)7-18-14-11(16)4-8(15)5-12(14)17/h2-5,18H,6-7H2,1H3. The Morgan fingerprint density at radius 3 is 2.52 bits per heavy atom. The number of methoxy groups -OCH3 is 1. The summed E-state index contributed by atoms with van der Waals surface area (Å²) < 4.78 is 5.48. The van der Waals surface area contributed by atoms with Gasteiger partial charge in [0, 0.05) is 20.8 Å². The van der Waals surface area contributed by atoms with Crippen molar-refractivity contribution in [1.29, 1.82) is 0 Å². The molecule has 0 aliphatic carbocycles. The van der Waals surface area contributed by atoms with E-state index in [-0.39, 0.29) is 5.97 Å². The fourth-order valence-electron chi connectivity index (χ4n) is 1.71. The first-order chi connectivity index (χ1) is 9.99. The molecule has 2 aromatic rings. The van der Waals surface area contributed by atoms with Crippen LogP contribution in [0, 0.1) is 0 Å². The average Bonchev–Trinajstić information content (AvgIpc) is 2.85. The molecule has 7 heteroatoms. The molecule has 0 spiro atoms. The van der Waals surface area contributed by atoms with Gasteiger partial charge in [0.2, 0.25) is 0 Å². The lowest BCUT2D eigenvalue weighted by Crippen LogP contribution is -2.02. The van der Waals surface area contributed by atoms with Gasteiger partial charge in [0.15, 0.2) is 0 Å². The Labute approximate surface area is 145 Å². The largest absolute Gasteiger partial charge is 0.469 e. The molecule has 0 unspecified atom stereocenters. The van der Waals surface area contributed by atoms with Gasteiger partial charge in [-0.1, -0.05) is 39.1 Å². The van der Waals surface area contributed by atoms with Crippen LogP contribution in [0.25, 0.3) is 0 Å². The van der Waals surface area contributed by atoms with E-state index < -0.39 is 0 Å². The fourth-order valence-corrected chi connectivity index (χ4v) is 4.00. The number of anilines is 1. The van der Waals surface area contributed by atoms with Crippen LogP contribution in [-0.4, -0.2) is 13.1 Å². The van der Waals surface area contributed by atoms with E-state index in [2.05, 4.69) is 26.0 Å². The van der Waals surface area contributed by atoms with E-state index in [1.54, 1.807) is 23.5 Å². The number of nitrogens with one attached hydrogen (secondary N) is 1. The number of benzene rings is 1. The highest BCUT2D eigenvalue weighted by Gasteiger charge is 2.09. The number of carbonyl (C=O) groups is 1. The van der Waals surface area contributed by atoms with Crippen molar-refractivity contribution in [1.82, 2.24) is 0 Å². The maximum Gasteiger partial charge on any atom is 0.310 e. The van der Waals surface area contributed by atoms with Crippen molar-refractivity contribution < 1.29 is 9.53 Å². The molecule has 0 atom stereocenters. The van der Waals surface area contributed by atoms with Gasteiger partial charge < -0.3 is 10.1 Å². The molecule has 0 bridgehead atoms. The molecule has 112 valence electrons. The summed E-state index contributed by atoms with van der Waals surface area (Å²) >= 11 is 17.2. The Kier molecular flexibility index (Phi) is 5.93. The van der Waals surface area contributed by atoms with Crippen molar-refractivity contribution in [3.8, 4) is 0 Å². The minimum absolute atomic E-state index is 0.240. The number of thiophene rings is 1. The second-order valence-electron chi connectivity index (χ2n) is 4.22. The lowest BCUT2D eigenvalue weighted by Gasteiger charge is -2.10. The Hall–Kier alpha value is -0.750. The summed E-state index contributed by atoms with van der Waals surface area (Å²) in [6.45, 7) is 0.590. The minimum Gasteiger partial charge on any atom is -0.469 e. The molecule has 0 aliphatic rings. The summed E-state index contributed by atoms with van der Waals surface area (Å²) in [5.41, 5.74) is 0.699. The highest BCUT2D eigenvalue weighted by molar-refractivity contribution is 9.10. The number of esters is 1. The van der Waals surface area contributed by atoms with Crippen LogP contribution in [-0.2, 0) is 22.5 Å². The van der Waals surface area contributed by atoms with E-state index in [4.69, 9.17) is 23.2 Å². The van der Waals surface area contributed by atoms with Crippen LogP contribution in [0.4, 0.5) is 5.69 Å². The second kappa shape index (κ2) is 7.49. The average molecular weight is 409 g/mol. The van der Waals surface area contributed by atoms with Gasteiger partial charge in [-0.15, -0.1) is 11.3 Å². The summed E-state index contributed by atoms with van der Waals surface area (Å²) in [4.78, 5) is 13.3. The van der Waals surface area contributed by atoms with E-state index >= 15 is 0 Å². The topological polar surface area (TPSA) is 38.3 Å². The van der Waals surface area contributed by atoms with Gasteiger partial charge in [-0.25, -0.2) is 0 Å². The maximum atomic E-state index is 11.2. The van der Waals surface area contributed by atoms with Crippen LogP contribution in [0.1, 0.15) is 9.75 Å². The van der Waals surface area contributed by atoms with Crippen molar-refractivity contribution in [2.45, 2.75) is 13.0 Å². The fraction of sp³-hybridized carbons (Fsp3) is 0.214. The van der Waals surface area contributed by atoms with Gasteiger partial charge in [0.05, 0.1) is 29.3 Å². The normalized spacial score (nSPS) is 10.5. The van der Waals surface area contributed by atoms with Crippen molar-refractivity contribution in [2.24, 2.45) is 0 Å². The molecular formula is C14H12BrCl2NO2S. The van der Waals surface area contributed by atoms with E-state index in [0.29, 0.717) is 28.7 Å². The second-order valence-corrected chi connectivity index (χ2v) is 7.20. The number of rotatable bonds is 5. The molecule has 1 heterocycles. The molecule has 1 aromatic carbocycles. The Bertz CT molecular complexity index is 637. The summed E-state index contributed by atoms with van der Waals surface area (Å²) in [6.07, 6.45) is 0.293. The lowest BCUT2D eigenvalue weighted by atomic mass is 10.3. The van der Waals surface area contributed by atoms with Crippen LogP contribution in [0.5, 0.6) is 0 Å². The van der Waals surface area contributed by atoms with E-state index in [1.165, 1.54) is 7.11 Å². The van der Waals surface area contributed by atoms with Crippen LogP contribution < -0.4 is 5.32 Å². The van der Waals surface area contributed by atoms with Gasteiger partial charge in [-0.3, -0.25) is 4.79 Å². The summed E-state index contributed by atoms with van der Waals surface area (Å²) in [6, 6.07) is 7.46. The third kappa shape index (κ3) is 4.61. The molecule has 3 nitrogen and oxygen atoms in total. The molecule has 0 aliphatic heterocycles. The van der Waals surface area contributed by atoms with Crippen LogP contribution in [0.2, 0.25) is 10.0 Å². The molecule has 0 radical (unpaired) electrons. The van der Waals surface area contributed by atoms with Crippen molar-refractivity contribution in [3.05, 3.63) is 48.5 Å². The van der Waals surface area contributed by atoms with E-state index in [0.717, 1.165) is 14.2 Å². The monoisotopic (exact) mass is 407 g/mol. The first-order valence-corrected chi connectivity index (χ1v) is 8.39. The van der Waals surface area contributed by atoms with Crippen LogP contribution >= 0.6 is 50.5 Å². The SMILES string of the molecule is COC(=O)Cc1ccc(CNc2c(Cl)cc(Br)cc2Cl)s1. The highest BCUT2D eigenvalue weighted by atomic mass is 79.9. The molecule has 0 fully saturated rings. The number of carbonyl (C=O) groups excluding carboxylic acids is 1. The molecular weight excluding hydrogens is 397 g/mol. The number of hydrogen-bond acceptors (Lipinski definition) is 4. The van der Waals surface area contributed by atoms with E-state index in [1.807, 2.05) is 12.1 Å². The molecule has 1 N–H and O–H groups in total. The summed E-state index contributed by atoms with van der Waals surface area (Å²) in [5, 5.41) is 4.33. The zero-order valence-electron chi connectivity index (χ0n) is 11.1. The van der Waals surface area contributed by atoms with Crippen molar-refractivity contribution in [2.75, 3.05) is 12.4 Å². The van der Waals surface area contributed by atoms with E-state index in [9.17, 15) is 4.79 Å².